The van der Waals surface area contributed by atoms with Crippen molar-refractivity contribution in [2.45, 2.75) is 45.7 Å². The van der Waals surface area contributed by atoms with Gasteiger partial charge in [-0.3, -0.25) is 9.59 Å². The van der Waals surface area contributed by atoms with Gasteiger partial charge in [0.15, 0.2) is 0 Å². The first kappa shape index (κ1) is 23.5. The van der Waals surface area contributed by atoms with Crippen LogP contribution in [-0.4, -0.2) is 29.3 Å². The molecule has 0 saturated carbocycles. The standard InChI is InChI=1S/C22H25Cl3N2O2/c1-3-4-11-26-22(29)15(2)27(14-17-7-10-19(24)13-20(17)25)21(28)12-16-5-8-18(23)9-6-16/h5-10,13,15H,3-4,11-12,14H2,1-2H3,(H,26,29)/t15-/m0/s1. The summed E-state index contributed by atoms with van der Waals surface area (Å²) in [5.41, 5.74) is 1.55. The third-order valence-electron chi connectivity index (χ3n) is 4.62. The zero-order chi connectivity index (χ0) is 21.4. The lowest BCUT2D eigenvalue weighted by atomic mass is 10.1. The molecule has 7 heteroatoms. The third-order valence-corrected chi connectivity index (χ3v) is 5.46. The maximum Gasteiger partial charge on any atom is 0.242 e. The van der Waals surface area contributed by atoms with Crippen molar-refractivity contribution in [1.82, 2.24) is 10.2 Å². The quantitative estimate of drug-likeness (QED) is 0.506. The van der Waals surface area contributed by atoms with Crippen LogP contribution >= 0.6 is 34.8 Å². The highest BCUT2D eigenvalue weighted by atomic mass is 35.5. The molecule has 2 aromatic carbocycles. The van der Waals surface area contributed by atoms with Gasteiger partial charge in [-0.05, 0) is 48.7 Å². The van der Waals surface area contributed by atoms with Crippen molar-refractivity contribution in [3.8, 4) is 0 Å². The number of hydrogen-bond acceptors (Lipinski definition) is 2. The predicted octanol–water partition coefficient (Wildman–Crippen LogP) is 5.52. The molecule has 0 aromatic heterocycles. The number of carbonyl (C=O) groups excluding carboxylic acids is 2. The number of amides is 2. The SMILES string of the molecule is CCCCNC(=O)[C@H](C)N(Cc1ccc(Cl)cc1Cl)C(=O)Cc1ccc(Cl)cc1. The van der Waals surface area contributed by atoms with E-state index in [1.165, 1.54) is 0 Å². The Morgan fingerprint density at radius 1 is 1.03 bits per heavy atom. The fraction of sp³-hybridized carbons (Fsp3) is 0.364. The summed E-state index contributed by atoms with van der Waals surface area (Å²) in [6.45, 7) is 4.58. The molecule has 0 radical (unpaired) electrons. The minimum atomic E-state index is -0.640. The molecule has 0 bridgehead atoms. The summed E-state index contributed by atoms with van der Waals surface area (Å²) >= 11 is 18.2. The predicted molar refractivity (Wildman–Crippen MR) is 120 cm³/mol. The number of nitrogens with zero attached hydrogens (tertiary/aromatic N) is 1. The summed E-state index contributed by atoms with van der Waals surface area (Å²) in [5, 5.41) is 4.48. The highest BCUT2D eigenvalue weighted by Crippen LogP contribution is 2.23. The second kappa shape index (κ2) is 11.4. The topological polar surface area (TPSA) is 49.4 Å². The Kier molecular flexibility index (Phi) is 9.28. The van der Waals surface area contributed by atoms with Crippen LogP contribution in [0.3, 0.4) is 0 Å². The van der Waals surface area contributed by atoms with Gasteiger partial charge in [-0.15, -0.1) is 0 Å². The molecule has 0 aliphatic rings. The fourth-order valence-corrected chi connectivity index (χ4v) is 3.42. The summed E-state index contributed by atoms with van der Waals surface area (Å²) in [5.74, 6) is -0.357. The summed E-state index contributed by atoms with van der Waals surface area (Å²) in [4.78, 5) is 27.3. The van der Waals surface area contributed by atoms with Gasteiger partial charge in [0.2, 0.25) is 11.8 Å². The normalized spacial score (nSPS) is 11.8. The van der Waals surface area contributed by atoms with Crippen LogP contribution in [0.4, 0.5) is 0 Å². The van der Waals surface area contributed by atoms with Crippen molar-refractivity contribution in [1.29, 1.82) is 0 Å². The number of benzene rings is 2. The number of halogens is 3. The van der Waals surface area contributed by atoms with Crippen molar-refractivity contribution in [3.05, 3.63) is 68.7 Å². The minimum Gasteiger partial charge on any atom is -0.354 e. The number of nitrogens with one attached hydrogen (secondary N) is 1. The van der Waals surface area contributed by atoms with E-state index in [0.717, 1.165) is 24.0 Å². The molecule has 2 amide bonds. The molecule has 0 aliphatic heterocycles. The molecule has 1 N–H and O–H groups in total. The molecule has 0 aliphatic carbocycles. The van der Waals surface area contributed by atoms with E-state index < -0.39 is 6.04 Å². The van der Waals surface area contributed by atoms with Crippen LogP contribution in [0.2, 0.25) is 15.1 Å². The second-order valence-corrected chi connectivity index (χ2v) is 8.16. The Hall–Kier alpha value is -1.75. The molecule has 0 saturated heterocycles. The molecule has 1 atom stereocenters. The van der Waals surface area contributed by atoms with Gasteiger partial charge >= 0.3 is 0 Å². The van der Waals surface area contributed by atoms with Crippen LogP contribution in [0.15, 0.2) is 42.5 Å². The summed E-state index contributed by atoms with van der Waals surface area (Å²) < 4.78 is 0. The van der Waals surface area contributed by atoms with Crippen LogP contribution in [0, 0.1) is 0 Å². The molecular weight excluding hydrogens is 431 g/mol. The monoisotopic (exact) mass is 454 g/mol. The lowest BCUT2D eigenvalue weighted by molar-refractivity contribution is -0.140. The van der Waals surface area contributed by atoms with E-state index in [2.05, 4.69) is 12.2 Å². The van der Waals surface area contributed by atoms with Crippen molar-refractivity contribution in [2.75, 3.05) is 6.54 Å². The van der Waals surface area contributed by atoms with E-state index in [0.29, 0.717) is 21.6 Å². The summed E-state index contributed by atoms with van der Waals surface area (Å²) in [6.07, 6.45) is 2.03. The average molecular weight is 456 g/mol. The third kappa shape index (κ3) is 7.22. The molecule has 0 spiro atoms. The average Bonchev–Trinajstić information content (AvgIpc) is 2.68. The highest BCUT2D eigenvalue weighted by molar-refractivity contribution is 6.35. The molecule has 0 unspecified atom stereocenters. The number of rotatable bonds is 9. The Bertz CT molecular complexity index is 840. The maximum absolute atomic E-state index is 13.1. The van der Waals surface area contributed by atoms with Crippen molar-refractivity contribution in [2.24, 2.45) is 0 Å². The smallest absolute Gasteiger partial charge is 0.242 e. The van der Waals surface area contributed by atoms with Crippen LogP contribution in [0.25, 0.3) is 0 Å². The molecule has 2 rings (SSSR count). The Balaban J connectivity index is 2.21. The van der Waals surface area contributed by atoms with Gasteiger partial charge in [0.1, 0.15) is 6.04 Å². The lowest BCUT2D eigenvalue weighted by Crippen LogP contribution is -2.48. The highest BCUT2D eigenvalue weighted by Gasteiger charge is 2.26. The molecule has 0 heterocycles. The fourth-order valence-electron chi connectivity index (χ4n) is 2.83. The number of hydrogen-bond donors (Lipinski definition) is 1. The van der Waals surface area contributed by atoms with E-state index in [-0.39, 0.29) is 24.8 Å². The van der Waals surface area contributed by atoms with E-state index in [1.54, 1.807) is 54.3 Å². The molecule has 156 valence electrons. The molecule has 0 fully saturated rings. The lowest BCUT2D eigenvalue weighted by Gasteiger charge is -2.29. The number of carbonyl (C=O) groups is 2. The van der Waals surface area contributed by atoms with Gasteiger partial charge in [0, 0.05) is 28.2 Å². The van der Waals surface area contributed by atoms with Gasteiger partial charge in [0.25, 0.3) is 0 Å². The summed E-state index contributed by atoms with van der Waals surface area (Å²) in [6, 6.07) is 11.6. The molecule has 29 heavy (non-hydrogen) atoms. The Morgan fingerprint density at radius 3 is 2.31 bits per heavy atom. The Labute approximate surface area is 187 Å². The first-order valence-corrected chi connectivity index (χ1v) is 10.7. The van der Waals surface area contributed by atoms with E-state index >= 15 is 0 Å². The molecule has 2 aromatic rings. The van der Waals surface area contributed by atoms with Crippen LogP contribution in [0.5, 0.6) is 0 Å². The largest absolute Gasteiger partial charge is 0.354 e. The van der Waals surface area contributed by atoms with Crippen LogP contribution in [-0.2, 0) is 22.6 Å². The second-order valence-electron chi connectivity index (χ2n) is 6.88. The first-order chi connectivity index (χ1) is 13.8. The molecular formula is C22H25Cl3N2O2. The van der Waals surface area contributed by atoms with Gasteiger partial charge in [-0.2, -0.15) is 0 Å². The summed E-state index contributed by atoms with van der Waals surface area (Å²) in [7, 11) is 0. The van der Waals surface area contributed by atoms with Crippen molar-refractivity contribution in [3.63, 3.8) is 0 Å². The van der Waals surface area contributed by atoms with Gasteiger partial charge in [-0.25, -0.2) is 0 Å². The van der Waals surface area contributed by atoms with Crippen LogP contribution in [0.1, 0.15) is 37.8 Å². The zero-order valence-corrected chi connectivity index (χ0v) is 18.8. The first-order valence-electron chi connectivity index (χ1n) is 9.57. The van der Waals surface area contributed by atoms with Gasteiger partial charge in [-0.1, -0.05) is 66.3 Å². The maximum atomic E-state index is 13.1. The van der Waals surface area contributed by atoms with E-state index in [9.17, 15) is 9.59 Å². The Morgan fingerprint density at radius 2 is 1.69 bits per heavy atom. The minimum absolute atomic E-state index is 0.162. The van der Waals surface area contributed by atoms with Gasteiger partial charge in [0.05, 0.1) is 6.42 Å². The number of unbranched alkanes of at least 4 members (excludes halogenated alkanes) is 1. The van der Waals surface area contributed by atoms with Crippen molar-refractivity contribution < 1.29 is 9.59 Å². The van der Waals surface area contributed by atoms with Crippen LogP contribution < -0.4 is 5.32 Å². The van der Waals surface area contributed by atoms with Gasteiger partial charge < -0.3 is 10.2 Å². The van der Waals surface area contributed by atoms with E-state index in [1.807, 2.05) is 0 Å². The van der Waals surface area contributed by atoms with Crippen molar-refractivity contribution >= 4 is 46.6 Å². The molecule has 4 nitrogen and oxygen atoms in total. The zero-order valence-electron chi connectivity index (χ0n) is 16.6. The van der Waals surface area contributed by atoms with E-state index in [4.69, 9.17) is 34.8 Å².